The lowest BCUT2D eigenvalue weighted by atomic mass is 9.95. The summed E-state index contributed by atoms with van der Waals surface area (Å²) >= 11 is 2.13. The maximum atomic E-state index is 13.7. The van der Waals surface area contributed by atoms with Gasteiger partial charge in [0, 0.05) is 3.57 Å². The predicted molar refractivity (Wildman–Crippen MR) is 73.6 cm³/mol. The zero-order valence-electron chi connectivity index (χ0n) is 10.2. The Labute approximate surface area is 115 Å². The van der Waals surface area contributed by atoms with Gasteiger partial charge in [0.25, 0.3) is 0 Å². The summed E-state index contributed by atoms with van der Waals surface area (Å²) in [7, 11) is 1.27. The Kier molecular flexibility index (Phi) is 5.36. The number of hydrogen-bond donors (Lipinski definition) is 0. The fourth-order valence-electron chi connectivity index (χ4n) is 1.61. The van der Waals surface area contributed by atoms with E-state index < -0.39 is 11.8 Å². The molecule has 1 atom stereocenters. The third-order valence-corrected chi connectivity index (χ3v) is 3.85. The first-order valence-electron chi connectivity index (χ1n) is 5.56. The molecule has 0 aliphatic rings. The Morgan fingerprint density at radius 1 is 1.53 bits per heavy atom. The van der Waals surface area contributed by atoms with Gasteiger partial charge in [-0.3, -0.25) is 0 Å². The highest BCUT2D eigenvalue weighted by Crippen LogP contribution is 2.24. The van der Waals surface area contributed by atoms with Gasteiger partial charge in [-0.05, 0) is 52.6 Å². The van der Waals surface area contributed by atoms with Crippen molar-refractivity contribution in [3.05, 3.63) is 32.6 Å². The SMILES string of the molecule is CC[C@H](C)Cc1c(I)ccc(F)c1C(=O)OC. The third kappa shape index (κ3) is 3.40. The Bertz CT molecular complexity index is 418. The Balaban J connectivity index is 3.24. The molecule has 0 saturated heterocycles. The van der Waals surface area contributed by atoms with Gasteiger partial charge in [0.2, 0.25) is 0 Å². The van der Waals surface area contributed by atoms with E-state index in [2.05, 4.69) is 41.2 Å². The van der Waals surface area contributed by atoms with Gasteiger partial charge in [-0.25, -0.2) is 9.18 Å². The van der Waals surface area contributed by atoms with E-state index in [-0.39, 0.29) is 5.56 Å². The maximum Gasteiger partial charge on any atom is 0.341 e. The second-order valence-electron chi connectivity index (χ2n) is 4.09. The van der Waals surface area contributed by atoms with Crippen LogP contribution in [0.1, 0.15) is 36.2 Å². The lowest BCUT2D eigenvalue weighted by Crippen LogP contribution is -2.13. The van der Waals surface area contributed by atoms with Crippen molar-refractivity contribution in [2.45, 2.75) is 26.7 Å². The van der Waals surface area contributed by atoms with E-state index in [1.807, 2.05) is 0 Å². The number of carbonyl (C=O) groups is 1. The van der Waals surface area contributed by atoms with Gasteiger partial charge in [0.05, 0.1) is 12.7 Å². The highest BCUT2D eigenvalue weighted by Gasteiger charge is 2.20. The molecule has 0 fully saturated rings. The highest BCUT2D eigenvalue weighted by molar-refractivity contribution is 14.1. The number of carbonyl (C=O) groups excluding carboxylic acids is 1. The second kappa shape index (κ2) is 6.33. The van der Waals surface area contributed by atoms with Crippen molar-refractivity contribution in [3.8, 4) is 0 Å². The first-order chi connectivity index (χ1) is 8.01. The van der Waals surface area contributed by atoms with Gasteiger partial charge in [-0.15, -0.1) is 0 Å². The van der Waals surface area contributed by atoms with Crippen LogP contribution in [0, 0.1) is 15.3 Å². The summed E-state index contributed by atoms with van der Waals surface area (Å²) < 4.78 is 19.3. The minimum atomic E-state index is -0.598. The Morgan fingerprint density at radius 2 is 2.18 bits per heavy atom. The van der Waals surface area contributed by atoms with E-state index in [9.17, 15) is 9.18 Å². The number of methoxy groups -OCH3 is 1. The zero-order valence-corrected chi connectivity index (χ0v) is 12.4. The summed E-state index contributed by atoms with van der Waals surface area (Å²) in [5.74, 6) is -0.691. The minimum absolute atomic E-state index is 0.0831. The fraction of sp³-hybridized carbons (Fsp3) is 0.462. The van der Waals surface area contributed by atoms with E-state index in [0.29, 0.717) is 12.3 Å². The maximum absolute atomic E-state index is 13.7. The molecule has 0 heterocycles. The number of benzene rings is 1. The van der Waals surface area contributed by atoms with Crippen molar-refractivity contribution >= 4 is 28.6 Å². The normalized spacial score (nSPS) is 12.3. The molecule has 0 aliphatic heterocycles. The van der Waals surface area contributed by atoms with Crippen molar-refractivity contribution in [1.82, 2.24) is 0 Å². The molecule has 0 amide bonds. The van der Waals surface area contributed by atoms with E-state index in [0.717, 1.165) is 15.6 Å². The van der Waals surface area contributed by atoms with Crippen molar-refractivity contribution in [1.29, 1.82) is 0 Å². The summed E-state index contributed by atoms with van der Waals surface area (Å²) in [4.78, 5) is 11.6. The van der Waals surface area contributed by atoms with Crippen molar-refractivity contribution < 1.29 is 13.9 Å². The predicted octanol–water partition coefficient (Wildman–Crippen LogP) is 3.81. The van der Waals surface area contributed by atoms with Crippen molar-refractivity contribution in [3.63, 3.8) is 0 Å². The van der Waals surface area contributed by atoms with Gasteiger partial charge in [0.1, 0.15) is 5.82 Å². The molecule has 0 saturated carbocycles. The number of halogens is 2. The van der Waals surface area contributed by atoms with Crippen molar-refractivity contribution in [2.75, 3.05) is 7.11 Å². The van der Waals surface area contributed by atoms with Crippen LogP contribution < -0.4 is 0 Å². The molecule has 0 N–H and O–H groups in total. The molecular formula is C13H16FIO2. The number of esters is 1. The van der Waals surface area contributed by atoms with Crippen LogP contribution in [-0.4, -0.2) is 13.1 Å². The summed E-state index contributed by atoms with van der Waals surface area (Å²) in [6, 6.07) is 3.01. The quantitative estimate of drug-likeness (QED) is 0.610. The monoisotopic (exact) mass is 350 g/mol. The van der Waals surface area contributed by atoms with Crippen LogP contribution in [0.4, 0.5) is 4.39 Å². The Hall–Kier alpha value is -0.650. The van der Waals surface area contributed by atoms with Crippen LogP contribution in [0.15, 0.2) is 12.1 Å². The fourth-order valence-corrected chi connectivity index (χ4v) is 2.28. The average Bonchev–Trinajstić information content (AvgIpc) is 2.33. The van der Waals surface area contributed by atoms with Gasteiger partial charge < -0.3 is 4.74 Å². The van der Waals surface area contributed by atoms with E-state index in [1.165, 1.54) is 13.2 Å². The highest BCUT2D eigenvalue weighted by atomic mass is 127. The van der Waals surface area contributed by atoms with Crippen LogP contribution in [0.5, 0.6) is 0 Å². The first kappa shape index (κ1) is 14.4. The van der Waals surface area contributed by atoms with E-state index in [1.54, 1.807) is 6.07 Å². The molecule has 0 radical (unpaired) electrons. The van der Waals surface area contributed by atoms with Gasteiger partial charge in [-0.2, -0.15) is 0 Å². The van der Waals surface area contributed by atoms with Crippen LogP contribution in [0.2, 0.25) is 0 Å². The number of hydrogen-bond acceptors (Lipinski definition) is 2. The molecule has 4 heteroatoms. The third-order valence-electron chi connectivity index (χ3n) is 2.84. The van der Waals surface area contributed by atoms with Crippen LogP contribution >= 0.6 is 22.6 Å². The summed E-state index contributed by atoms with van der Waals surface area (Å²) in [6.45, 7) is 4.16. The van der Waals surface area contributed by atoms with E-state index >= 15 is 0 Å². The minimum Gasteiger partial charge on any atom is -0.465 e. The summed E-state index contributed by atoms with van der Waals surface area (Å²) in [5, 5.41) is 0. The molecule has 0 aliphatic carbocycles. The molecule has 0 bridgehead atoms. The lowest BCUT2D eigenvalue weighted by molar-refractivity contribution is 0.0594. The molecule has 1 aromatic carbocycles. The van der Waals surface area contributed by atoms with Gasteiger partial charge >= 0.3 is 5.97 Å². The van der Waals surface area contributed by atoms with Gasteiger partial charge in [0.15, 0.2) is 0 Å². The van der Waals surface area contributed by atoms with Crippen molar-refractivity contribution in [2.24, 2.45) is 5.92 Å². The zero-order chi connectivity index (χ0) is 13.0. The van der Waals surface area contributed by atoms with Gasteiger partial charge in [-0.1, -0.05) is 20.3 Å². The first-order valence-corrected chi connectivity index (χ1v) is 6.64. The number of ether oxygens (including phenoxy) is 1. The average molecular weight is 350 g/mol. The molecule has 17 heavy (non-hydrogen) atoms. The number of rotatable bonds is 4. The molecule has 0 spiro atoms. The molecular weight excluding hydrogens is 334 g/mol. The molecule has 0 unspecified atom stereocenters. The smallest absolute Gasteiger partial charge is 0.341 e. The van der Waals surface area contributed by atoms with Crippen LogP contribution in [-0.2, 0) is 11.2 Å². The molecule has 0 aromatic heterocycles. The Morgan fingerprint density at radius 3 is 2.71 bits per heavy atom. The summed E-state index contributed by atoms with van der Waals surface area (Å²) in [5.41, 5.74) is 0.839. The lowest BCUT2D eigenvalue weighted by Gasteiger charge is -2.14. The standard InChI is InChI=1S/C13H16FIO2/c1-4-8(2)7-9-11(15)6-5-10(14)12(9)13(16)17-3/h5-6,8H,4,7H2,1-3H3/t8-/m0/s1. The topological polar surface area (TPSA) is 26.3 Å². The second-order valence-corrected chi connectivity index (χ2v) is 5.25. The van der Waals surface area contributed by atoms with E-state index in [4.69, 9.17) is 0 Å². The summed E-state index contributed by atoms with van der Waals surface area (Å²) in [6.07, 6.45) is 1.68. The molecule has 2 nitrogen and oxygen atoms in total. The largest absolute Gasteiger partial charge is 0.465 e. The molecule has 94 valence electrons. The molecule has 1 rings (SSSR count). The molecule has 1 aromatic rings. The van der Waals surface area contributed by atoms with Crippen LogP contribution in [0.3, 0.4) is 0 Å². The van der Waals surface area contributed by atoms with Crippen LogP contribution in [0.25, 0.3) is 0 Å².